The molecule has 0 aliphatic heterocycles. The second kappa shape index (κ2) is 6.78. The molecule has 118 valence electrons. The van der Waals surface area contributed by atoms with E-state index in [1.54, 1.807) is 23.5 Å². The molecule has 0 saturated heterocycles. The van der Waals surface area contributed by atoms with Gasteiger partial charge in [-0.2, -0.15) is 0 Å². The first kappa shape index (κ1) is 16.1. The molecule has 7 heteroatoms. The van der Waals surface area contributed by atoms with Crippen LogP contribution in [-0.2, 0) is 11.2 Å². The number of halogens is 1. The van der Waals surface area contributed by atoms with Gasteiger partial charge in [-0.15, -0.1) is 22.7 Å². The number of carbonyl (C=O) groups is 1. The number of hydrogen-bond acceptors (Lipinski definition) is 5. The summed E-state index contributed by atoms with van der Waals surface area (Å²) in [6.07, 6.45) is 0.296. The third-order valence-corrected chi connectivity index (χ3v) is 5.27. The van der Waals surface area contributed by atoms with Gasteiger partial charge in [-0.1, -0.05) is 23.7 Å². The summed E-state index contributed by atoms with van der Waals surface area (Å²) in [5.74, 6) is -0.0922. The normalized spacial score (nSPS) is 10.7. The van der Waals surface area contributed by atoms with E-state index in [2.05, 4.69) is 15.3 Å². The highest BCUT2D eigenvalue weighted by Gasteiger charge is 2.13. The van der Waals surface area contributed by atoms with Crippen LogP contribution >= 0.6 is 34.3 Å². The maximum absolute atomic E-state index is 12.1. The number of thiazole rings is 2. The predicted molar refractivity (Wildman–Crippen MR) is 96.5 cm³/mol. The standard InChI is InChI=1S/C16H14ClN3OS2/c1-9-15(23-10(2)18-9)13-8-22-16(19-13)20-14(21)7-11-3-5-12(17)6-4-11/h3-6,8H,7H2,1-2H3,(H,19,20,21). The SMILES string of the molecule is Cc1nc(C)c(-c2csc(NC(=O)Cc3ccc(Cl)cc3)n2)s1. The first-order chi connectivity index (χ1) is 11.0. The molecule has 0 atom stereocenters. The lowest BCUT2D eigenvalue weighted by atomic mass is 10.1. The van der Waals surface area contributed by atoms with Gasteiger partial charge in [0.25, 0.3) is 0 Å². The Balaban J connectivity index is 1.68. The minimum atomic E-state index is -0.0922. The molecule has 4 nitrogen and oxygen atoms in total. The smallest absolute Gasteiger partial charge is 0.230 e. The van der Waals surface area contributed by atoms with E-state index in [0.29, 0.717) is 16.6 Å². The Kier molecular flexibility index (Phi) is 4.75. The average molecular weight is 364 g/mol. The number of benzene rings is 1. The van der Waals surface area contributed by atoms with Crippen LogP contribution in [0, 0.1) is 13.8 Å². The summed E-state index contributed by atoms with van der Waals surface area (Å²) in [5.41, 5.74) is 2.74. The van der Waals surface area contributed by atoms with Crippen molar-refractivity contribution in [3.05, 3.63) is 50.9 Å². The molecule has 1 N–H and O–H groups in total. The summed E-state index contributed by atoms with van der Waals surface area (Å²) in [6, 6.07) is 7.25. The molecule has 2 aromatic heterocycles. The van der Waals surface area contributed by atoms with Gasteiger partial charge in [0.1, 0.15) is 0 Å². The van der Waals surface area contributed by atoms with E-state index in [1.165, 1.54) is 11.3 Å². The molecule has 0 aliphatic rings. The Bertz CT molecular complexity index is 839. The summed E-state index contributed by atoms with van der Waals surface area (Å²) >= 11 is 8.87. The fraction of sp³-hybridized carbons (Fsp3) is 0.188. The number of nitrogens with one attached hydrogen (secondary N) is 1. The van der Waals surface area contributed by atoms with Crippen molar-refractivity contribution in [3.8, 4) is 10.6 Å². The van der Waals surface area contributed by atoms with Crippen molar-refractivity contribution < 1.29 is 4.79 Å². The number of amides is 1. The van der Waals surface area contributed by atoms with Crippen LogP contribution in [0.2, 0.25) is 5.02 Å². The lowest BCUT2D eigenvalue weighted by Gasteiger charge is -2.02. The van der Waals surface area contributed by atoms with Gasteiger partial charge in [-0.25, -0.2) is 9.97 Å². The molecule has 3 rings (SSSR count). The molecule has 2 heterocycles. The Morgan fingerprint density at radius 3 is 2.61 bits per heavy atom. The summed E-state index contributed by atoms with van der Waals surface area (Å²) < 4.78 is 0. The second-order valence-corrected chi connectivity index (χ2v) is 7.53. The second-order valence-electron chi connectivity index (χ2n) is 5.04. The van der Waals surface area contributed by atoms with Crippen LogP contribution in [0.3, 0.4) is 0 Å². The van der Waals surface area contributed by atoms with Crippen LogP contribution in [0.25, 0.3) is 10.6 Å². The van der Waals surface area contributed by atoms with Crippen molar-refractivity contribution in [2.45, 2.75) is 20.3 Å². The van der Waals surface area contributed by atoms with E-state index in [-0.39, 0.29) is 5.91 Å². The van der Waals surface area contributed by atoms with E-state index < -0.39 is 0 Å². The Labute approximate surface area is 147 Å². The van der Waals surface area contributed by atoms with Crippen LogP contribution in [0.1, 0.15) is 16.3 Å². The maximum atomic E-state index is 12.1. The fourth-order valence-electron chi connectivity index (χ4n) is 2.16. The van der Waals surface area contributed by atoms with Crippen molar-refractivity contribution in [3.63, 3.8) is 0 Å². The lowest BCUT2D eigenvalue weighted by molar-refractivity contribution is -0.115. The molecular weight excluding hydrogens is 350 g/mol. The number of rotatable bonds is 4. The molecule has 0 spiro atoms. The highest BCUT2D eigenvalue weighted by atomic mass is 35.5. The van der Waals surface area contributed by atoms with Crippen molar-refractivity contribution in [1.29, 1.82) is 0 Å². The zero-order valence-electron chi connectivity index (χ0n) is 12.6. The predicted octanol–water partition coefficient (Wildman–Crippen LogP) is 4.72. The number of hydrogen-bond donors (Lipinski definition) is 1. The zero-order chi connectivity index (χ0) is 16.4. The first-order valence-electron chi connectivity index (χ1n) is 6.95. The zero-order valence-corrected chi connectivity index (χ0v) is 15.0. The summed E-state index contributed by atoms with van der Waals surface area (Å²) in [5, 5.41) is 7.06. The topological polar surface area (TPSA) is 54.9 Å². The monoisotopic (exact) mass is 363 g/mol. The van der Waals surface area contributed by atoms with Gasteiger partial charge in [0, 0.05) is 10.4 Å². The molecule has 0 fully saturated rings. The molecule has 0 aliphatic carbocycles. The minimum Gasteiger partial charge on any atom is -0.302 e. The Hall–Kier alpha value is -1.76. The van der Waals surface area contributed by atoms with E-state index in [4.69, 9.17) is 11.6 Å². The molecule has 0 bridgehead atoms. The first-order valence-corrected chi connectivity index (χ1v) is 9.03. The summed E-state index contributed by atoms with van der Waals surface area (Å²) in [4.78, 5) is 22.0. The van der Waals surface area contributed by atoms with Crippen LogP contribution < -0.4 is 5.32 Å². The van der Waals surface area contributed by atoms with Crippen LogP contribution in [0.5, 0.6) is 0 Å². The highest BCUT2D eigenvalue weighted by molar-refractivity contribution is 7.16. The molecule has 0 saturated carbocycles. The summed E-state index contributed by atoms with van der Waals surface area (Å²) in [7, 11) is 0. The quantitative estimate of drug-likeness (QED) is 0.729. The van der Waals surface area contributed by atoms with Crippen molar-refractivity contribution in [2.24, 2.45) is 0 Å². The van der Waals surface area contributed by atoms with Gasteiger partial charge < -0.3 is 5.32 Å². The van der Waals surface area contributed by atoms with Crippen molar-refractivity contribution >= 4 is 45.3 Å². The largest absolute Gasteiger partial charge is 0.302 e. The molecular formula is C16H14ClN3OS2. The van der Waals surface area contributed by atoms with E-state index in [0.717, 1.165) is 26.8 Å². The van der Waals surface area contributed by atoms with Gasteiger partial charge in [-0.05, 0) is 31.5 Å². The number of nitrogens with zero attached hydrogens (tertiary/aromatic N) is 2. The molecule has 23 heavy (non-hydrogen) atoms. The highest BCUT2D eigenvalue weighted by Crippen LogP contribution is 2.32. The molecule has 1 amide bonds. The third kappa shape index (κ3) is 3.96. The molecule has 1 aromatic carbocycles. The van der Waals surface area contributed by atoms with Crippen LogP contribution in [-0.4, -0.2) is 15.9 Å². The van der Waals surface area contributed by atoms with Gasteiger partial charge in [0.15, 0.2) is 5.13 Å². The van der Waals surface area contributed by atoms with Crippen molar-refractivity contribution in [1.82, 2.24) is 9.97 Å². The number of carbonyl (C=O) groups excluding carboxylic acids is 1. The Morgan fingerprint density at radius 2 is 1.96 bits per heavy atom. The third-order valence-electron chi connectivity index (χ3n) is 3.16. The fourth-order valence-corrected chi connectivity index (χ4v) is 3.95. The average Bonchev–Trinajstić information content (AvgIpc) is 3.07. The van der Waals surface area contributed by atoms with Gasteiger partial charge in [0.05, 0.1) is 27.7 Å². The number of aryl methyl sites for hydroxylation is 2. The van der Waals surface area contributed by atoms with Gasteiger partial charge in [-0.3, -0.25) is 4.79 Å². The molecule has 0 radical (unpaired) electrons. The van der Waals surface area contributed by atoms with Gasteiger partial charge in [0.2, 0.25) is 5.91 Å². The van der Waals surface area contributed by atoms with E-state index in [1.807, 2.05) is 31.4 Å². The number of anilines is 1. The maximum Gasteiger partial charge on any atom is 0.230 e. The lowest BCUT2D eigenvalue weighted by Crippen LogP contribution is -2.14. The molecule has 0 unspecified atom stereocenters. The van der Waals surface area contributed by atoms with E-state index >= 15 is 0 Å². The minimum absolute atomic E-state index is 0.0922. The summed E-state index contributed by atoms with van der Waals surface area (Å²) in [6.45, 7) is 3.94. The molecule has 3 aromatic rings. The number of aromatic nitrogens is 2. The Morgan fingerprint density at radius 1 is 1.22 bits per heavy atom. The van der Waals surface area contributed by atoms with Gasteiger partial charge >= 0.3 is 0 Å². The van der Waals surface area contributed by atoms with Crippen LogP contribution in [0.4, 0.5) is 5.13 Å². The van der Waals surface area contributed by atoms with Crippen molar-refractivity contribution in [2.75, 3.05) is 5.32 Å². The van der Waals surface area contributed by atoms with Crippen LogP contribution in [0.15, 0.2) is 29.6 Å². The van der Waals surface area contributed by atoms with E-state index in [9.17, 15) is 4.79 Å².